The predicted molar refractivity (Wildman–Crippen MR) is 118 cm³/mol. The van der Waals surface area contributed by atoms with Gasteiger partial charge in [-0.2, -0.15) is 13.2 Å². The average molecular weight is 446 g/mol. The molecule has 3 rings (SSSR count). The molecule has 0 spiro atoms. The molecular formula is C23H25F3N4O2. The lowest BCUT2D eigenvalue weighted by Gasteiger charge is -2.31. The molecule has 0 bridgehead atoms. The van der Waals surface area contributed by atoms with E-state index in [-0.39, 0.29) is 0 Å². The van der Waals surface area contributed by atoms with E-state index in [9.17, 15) is 18.0 Å². The summed E-state index contributed by atoms with van der Waals surface area (Å²) in [4.78, 5) is 17.9. The fourth-order valence-electron chi connectivity index (χ4n) is 3.41. The van der Waals surface area contributed by atoms with Gasteiger partial charge in [0, 0.05) is 24.5 Å². The molecule has 9 heteroatoms. The molecular weight excluding hydrogens is 421 g/mol. The molecule has 1 heterocycles. The Balaban J connectivity index is 1.88. The van der Waals surface area contributed by atoms with E-state index in [2.05, 4.69) is 15.9 Å². The Morgan fingerprint density at radius 3 is 2.47 bits per heavy atom. The minimum absolute atomic E-state index is 0.407. The molecule has 170 valence electrons. The molecule has 0 fully saturated rings. The van der Waals surface area contributed by atoms with Crippen LogP contribution in [0.1, 0.15) is 26.3 Å². The highest BCUT2D eigenvalue weighted by Crippen LogP contribution is 2.40. The van der Waals surface area contributed by atoms with Crippen molar-refractivity contribution in [1.29, 1.82) is 0 Å². The number of nitrogens with one attached hydrogen (secondary N) is 2. The summed E-state index contributed by atoms with van der Waals surface area (Å²) in [6, 6.07) is 14.4. The second kappa shape index (κ2) is 9.04. The number of carbonyl (C=O) groups excluding carboxylic acids is 1. The van der Waals surface area contributed by atoms with Crippen molar-refractivity contribution < 1.29 is 22.8 Å². The Morgan fingerprint density at radius 2 is 1.84 bits per heavy atom. The number of para-hydroxylation sites is 1. The van der Waals surface area contributed by atoms with Crippen molar-refractivity contribution in [3.8, 4) is 11.1 Å². The Hall–Kier alpha value is -3.33. The van der Waals surface area contributed by atoms with Crippen LogP contribution in [0.15, 0.2) is 65.5 Å². The monoisotopic (exact) mass is 446 g/mol. The molecule has 1 unspecified atom stereocenters. The van der Waals surface area contributed by atoms with Crippen LogP contribution in [0.25, 0.3) is 11.1 Å². The molecule has 1 amide bonds. The summed E-state index contributed by atoms with van der Waals surface area (Å²) in [5.74, 6) is -0.828. The van der Waals surface area contributed by atoms with E-state index in [1.807, 2.05) is 38.1 Å². The number of hydrogen-bond donors (Lipinski definition) is 2. The first-order valence-corrected chi connectivity index (χ1v) is 10.0. The van der Waals surface area contributed by atoms with Gasteiger partial charge in [-0.15, -0.1) is 0 Å². The smallest absolute Gasteiger partial charge is 0.396 e. The predicted octanol–water partition coefficient (Wildman–Crippen LogP) is 4.71. The van der Waals surface area contributed by atoms with Crippen LogP contribution >= 0.6 is 0 Å². The summed E-state index contributed by atoms with van der Waals surface area (Å²) in [6.07, 6.45) is -3.50. The van der Waals surface area contributed by atoms with E-state index in [0.29, 0.717) is 17.9 Å². The summed E-state index contributed by atoms with van der Waals surface area (Å²) >= 11 is 0. The highest BCUT2D eigenvalue weighted by atomic mass is 19.4. The molecule has 2 aromatic rings. The van der Waals surface area contributed by atoms with Crippen LogP contribution in [0.2, 0.25) is 0 Å². The van der Waals surface area contributed by atoms with Gasteiger partial charge in [0.2, 0.25) is 0 Å². The standard InChI is InChI=1S/C23H25F3N4O2/c1-5-32-28-15(2)16-10-12-17(13-11-16)18-8-6-7-9-20(18)27-21(31)19-14-30(4)29-22(19,3)23(24,25)26/h6-14,29H,5H2,1-4H3,(H,27,31)/b28-15-. The Morgan fingerprint density at radius 1 is 1.19 bits per heavy atom. The molecule has 1 atom stereocenters. The number of hydrogen-bond acceptors (Lipinski definition) is 5. The van der Waals surface area contributed by atoms with Crippen LogP contribution in [-0.4, -0.2) is 42.0 Å². The summed E-state index contributed by atoms with van der Waals surface area (Å²) in [5.41, 5.74) is 2.87. The number of halogens is 3. The number of oxime groups is 1. The van der Waals surface area contributed by atoms with E-state index in [1.165, 1.54) is 7.05 Å². The van der Waals surface area contributed by atoms with Gasteiger partial charge < -0.3 is 15.2 Å². The molecule has 1 aliphatic heterocycles. The molecule has 0 saturated carbocycles. The van der Waals surface area contributed by atoms with Crippen LogP contribution in [-0.2, 0) is 9.63 Å². The van der Waals surface area contributed by atoms with Gasteiger partial charge in [0.05, 0.1) is 11.3 Å². The second-order valence-electron chi connectivity index (χ2n) is 7.56. The number of amides is 1. The quantitative estimate of drug-likeness (QED) is 0.498. The van der Waals surface area contributed by atoms with Crippen LogP contribution in [0, 0.1) is 0 Å². The van der Waals surface area contributed by atoms with E-state index in [1.54, 1.807) is 24.3 Å². The Bertz CT molecular complexity index is 1050. The number of benzene rings is 2. The maximum atomic E-state index is 13.7. The molecule has 0 radical (unpaired) electrons. The number of hydrazine groups is 1. The number of nitrogens with zero attached hydrogens (tertiary/aromatic N) is 2. The van der Waals surface area contributed by atoms with Gasteiger partial charge in [-0.1, -0.05) is 47.6 Å². The highest BCUT2D eigenvalue weighted by molar-refractivity contribution is 6.07. The summed E-state index contributed by atoms with van der Waals surface area (Å²) in [6.45, 7) is 5.09. The molecule has 2 aromatic carbocycles. The lowest BCUT2D eigenvalue weighted by atomic mass is 9.92. The van der Waals surface area contributed by atoms with E-state index in [4.69, 9.17) is 4.84 Å². The zero-order valence-electron chi connectivity index (χ0n) is 18.2. The molecule has 0 aromatic heterocycles. The van der Waals surface area contributed by atoms with E-state index < -0.39 is 23.2 Å². The zero-order valence-corrected chi connectivity index (χ0v) is 18.2. The Kier molecular flexibility index (Phi) is 6.59. The highest BCUT2D eigenvalue weighted by Gasteiger charge is 2.58. The Labute approximate surface area is 184 Å². The first kappa shape index (κ1) is 23.3. The maximum Gasteiger partial charge on any atom is 0.412 e. The van der Waals surface area contributed by atoms with Crippen molar-refractivity contribution in [2.75, 3.05) is 19.0 Å². The van der Waals surface area contributed by atoms with Gasteiger partial charge >= 0.3 is 6.18 Å². The van der Waals surface area contributed by atoms with Crippen LogP contribution in [0.5, 0.6) is 0 Å². The largest absolute Gasteiger partial charge is 0.412 e. The van der Waals surface area contributed by atoms with Crippen molar-refractivity contribution in [2.45, 2.75) is 32.5 Å². The van der Waals surface area contributed by atoms with Gasteiger partial charge in [0.1, 0.15) is 6.61 Å². The second-order valence-corrected chi connectivity index (χ2v) is 7.56. The van der Waals surface area contributed by atoms with Crippen molar-refractivity contribution in [3.05, 3.63) is 65.9 Å². The SMILES string of the molecule is CCO/N=C(/C)c1ccc(-c2ccccc2NC(=O)C2=CN(C)NC2(C)C(F)(F)F)cc1. The first-order valence-electron chi connectivity index (χ1n) is 10.0. The topological polar surface area (TPSA) is 66.0 Å². The fourth-order valence-corrected chi connectivity index (χ4v) is 3.41. The van der Waals surface area contributed by atoms with Gasteiger partial charge in [-0.05, 0) is 38.0 Å². The molecule has 32 heavy (non-hydrogen) atoms. The zero-order chi connectivity index (χ0) is 23.5. The molecule has 6 nitrogen and oxygen atoms in total. The summed E-state index contributed by atoms with van der Waals surface area (Å²) in [7, 11) is 1.41. The van der Waals surface area contributed by atoms with Crippen LogP contribution in [0.4, 0.5) is 18.9 Å². The number of carbonyl (C=O) groups is 1. The third-order valence-corrected chi connectivity index (χ3v) is 5.19. The number of anilines is 1. The normalized spacial score (nSPS) is 19.0. The number of rotatable bonds is 6. The number of alkyl halides is 3. The van der Waals surface area contributed by atoms with Crippen LogP contribution in [0.3, 0.4) is 0 Å². The van der Waals surface area contributed by atoms with Gasteiger partial charge in [0.25, 0.3) is 5.91 Å². The average Bonchev–Trinajstić information content (AvgIpc) is 3.08. The third kappa shape index (κ3) is 4.62. The summed E-state index contributed by atoms with van der Waals surface area (Å²) in [5, 5.41) is 7.79. The van der Waals surface area contributed by atoms with Crippen molar-refractivity contribution in [2.24, 2.45) is 5.16 Å². The molecule has 0 saturated heterocycles. The lowest BCUT2D eigenvalue weighted by molar-refractivity contribution is -0.185. The van der Waals surface area contributed by atoms with E-state index >= 15 is 0 Å². The van der Waals surface area contributed by atoms with Crippen molar-refractivity contribution in [3.63, 3.8) is 0 Å². The van der Waals surface area contributed by atoms with Gasteiger partial charge in [-0.3, -0.25) is 4.79 Å². The first-order chi connectivity index (χ1) is 15.1. The fraction of sp³-hybridized carbons (Fsp3) is 0.304. The minimum Gasteiger partial charge on any atom is -0.396 e. The maximum absolute atomic E-state index is 13.7. The summed E-state index contributed by atoms with van der Waals surface area (Å²) < 4.78 is 41.0. The van der Waals surface area contributed by atoms with Crippen molar-refractivity contribution >= 4 is 17.3 Å². The molecule has 2 N–H and O–H groups in total. The third-order valence-electron chi connectivity index (χ3n) is 5.19. The van der Waals surface area contributed by atoms with Gasteiger partial charge in [-0.25, -0.2) is 5.43 Å². The molecule has 0 aliphatic carbocycles. The minimum atomic E-state index is -4.66. The van der Waals surface area contributed by atoms with Gasteiger partial charge in [0.15, 0.2) is 5.54 Å². The van der Waals surface area contributed by atoms with E-state index in [0.717, 1.165) is 35.0 Å². The van der Waals surface area contributed by atoms with Crippen molar-refractivity contribution in [1.82, 2.24) is 10.4 Å². The lowest BCUT2D eigenvalue weighted by Crippen LogP contribution is -2.57. The van der Waals surface area contributed by atoms with Crippen LogP contribution < -0.4 is 10.7 Å². The molecule has 1 aliphatic rings.